The molecule has 3 heterocycles. The molecule has 1 unspecified atom stereocenters. The summed E-state index contributed by atoms with van der Waals surface area (Å²) in [5.74, 6) is 2.64. The summed E-state index contributed by atoms with van der Waals surface area (Å²) in [6.45, 7) is 8.83. The standard InChI is InChI=1S/C21H35N7S/c1-4-18-8-5-6-13-28(18)14-12-23-21(22-11-10-19-9-7-15-29-19)24-16-20-26-25-17(2)27(20)3/h7,9,15,18H,4-6,8,10-14,16H2,1-3H3,(H2,22,23,24). The van der Waals surface area contributed by atoms with Crippen LogP contribution in [0.3, 0.4) is 0 Å². The van der Waals surface area contributed by atoms with Crippen molar-refractivity contribution in [2.45, 2.75) is 58.5 Å². The van der Waals surface area contributed by atoms with Gasteiger partial charge < -0.3 is 15.2 Å². The van der Waals surface area contributed by atoms with Crippen molar-refractivity contribution in [1.82, 2.24) is 30.3 Å². The Morgan fingerprint density at radius 3 is 2.86 bits per heavy atom. The van der Waals surface area contributed by atoms with Crippen molar-refractivity contribution in [3.63, 3.8) is 0 Å². The molecule has 0 spiro atoms. The van der Waals surface area contributed by atoms with Gasteiger partial charge in [-0.15, -0.1) is 21.5 Å². The summed E-state index contributed by atoms with van der Waals surface area (Å²) >= 11 is 1.80. The Morgan fingerprint density at radius 1 is 1.28 bits per heavy atom. The second-order valence-electron chi connectivity index (χ2n) is 7.66. The molecule has 2 aromatic heterocycles. The smallest absolute Gasteiger partial charge is 0.191 e. The van der Waals surface area contributed by atoms with Gasteiger partial charge >= 0.3 is 0 Å². The predicted octanol–water partition coefficient (Wildman–Crippen LogP) is 2.73. The number of piperidine rings is 1. The Bertz CT molecular complexity index is 753. The van der Waals surface area contributed by atoms with Gasteiger partial charge in [0.15, 0.2) is 11.8 Å². The highest BCUT2D eigenvalue weighted by Gasteiger charge is 2.20. The minimum Gasteiger partial charge on any atom is -0.356 e. The number of likely N-dealkylation sites (tertiary alicyclic amines) is 1. The molecule has 1 atom stereocenters. The number of thiophene rings is 1. The van der Waals surface area contributed by atoms with Crippen molar-refractivity contribution in [3.8, 4) is 0 Å². The third-order valence-corrected chi connectivity index (χ3v) is 6.65. The molecular formula is C21H35N7S. The van der Waals surface area contributed by atoms with Crippen LogP contribution in [-0.2, 0) is 20.0 Å². The molecule has 7 nitrogen and oxygen atoms in total. The molecule has 0 bridgehead atoms. The topological polar surface area (TPSA) is 70.4 Å². The fourth-order valence-corrected chi connectivity index (χ4v) is 4.52. The molecule has 0 amide bonds. The van der Waals surface area contributed by atoms with Crippen molar-refractivity contribution in [3.05, 3.63) is 34.0 Å². The molecule has 29 heavy (non-hydrogen) atoms. The van der Waals surface area contributed by atoms with Crippen molar-refractivity contribution >= 4 is 17.3 Å². The molecule has 160 valence electrons. The van der Waals surface area contributed by atoms with Crippen LogP contribution in [0.5, 0.6) is 0 Å². The second-order valence-corrected chi connectivity index (χ2v) is 8.70. The molecule has 0 aliphatic carbocycles. The molecule has 1 aliphatic rings. The lowest BCUT2D eigenvalue weighted by molar-refractivity contribution is 0.147. The third kappa shape index (κ3) is 6.54. The Hall–Kier alpha value is -1.93. The van der Waals surface area contributed by atoms with Crippen LogP contribution in [0.1, 0.15) is 49.1 Å². The van der Waals surface area contributed by atoms with E-state index < -0.39 is 0 Å². The van der Waals surface area contributed by atoms with E-state index in [1.165, 1.54) is 37.1 Å². The van der Waals surface area contributed by atoms with Gasteiger partial charge in [0.2, 0.25) is 0 Å². The van der Waals surface area contributed by atoms with E-state index in [9.17, 15) is 0 Å². The van der Waals surface area contributed by atoms with Crippen LogP contribution in [0.15, 0.2) is 22.5 Å². The van der Waals surface area contributed by atoms with Gasteiger partial charge in [0.05, 0.1) is 0 Å². The molecule has 2 N–H and O–H groups in total. The molecule has 1 fully saturated rings. The van der Waals surface area contributed by atoms with E-state index in [1.54, 1.807) is 11.3 Å². The lowest BCUT2D eigenvalue weighted by Crippen LogP contribution is -2.46. The summed E-state index contributed by atoms with van der Waals surface area (Å²) in [5, 5.41) is 17.5. The molecule has 0 radical (unpaired) electrons. The van der Waals surface area contributed by atoms with Crippen molar-refractivity contribution in [1.29, 1.82) is 0 Å². The van der Waals surface area contributed by atoms with Gasteiger partial charge in [-0.1, -0.05) is 19.4 Å². The zero-order valence-corrected chi connectivity index (χ0v) is 18.8. The predicted molar refractivity (Wildman–Crippen MR) is 120 cm³/mol. The average molecular weight is 418 g/mol. The number of aromatic nitrogens is 3. The van der Waals surface area contributed by atoms with E-state index in [2.05, 4.69) is 50.2 Å². The fraction of sp³-hybridized carbons (Fsp3) is 0.667. The van der Waals surface area contributed by atoms with Crippen LogP contribution in [0, 0.1) is 6.92 Å². The first-order chi connectivity index (χ1) is 14.2. The largest absolute Gasteiger partial charge is 0.356 e. The highest BCUT2D eigenvalue weighted by Crippen LogP contribution is 2.18. The van der Waals surface area contributed by atoms with Crippen molar-refractivity contribution in [2.24, 2.45) is 12.0 Å². The Kier molecular flexibility index (Phi) is 8.49. The minimum atomic E-state index is 0.521. The first kappa shape index (κ1) is 21.8. The van der Waals surface area contributed by atoms with E-state index >= 15 is 0 Å². The monoisotopic (exact) mass is 417 g/mol. The van der Waals surface area contributed by atoms with E-state index in [1.807, 2.05) is 18.5 Å². The van der Waals surface area contributed by atoms with E-state index in [-0.39, 0.29) is 0 Å². The molecule has 1 saturated heterocycles. The molecule has 0 aromatic carbocycles. The van der Waals surface area contributed by atoms with Gasteiger partial charge in [-0.05, 0) is 50.6 Å². The Labute approximate surface area is 178 Å². The van der Waals surface area contributed by atoms with Gasteiger partial charge in [0.25, 0.3) is 0 Å². The van der Waals surface area contributed by atoms with Crippen LogP contribution >= 0.6 is 11.3 Å². The van der Waals surface area contributed by atoms with Crippen LogP contribution in [0.2, 0.25) is 0 Å². The van der Waals surface area contributed by atoms with E-state index in [0.717, 1.165) is 49.7 Å². The van der Waals surface area contributed by atoms with Crippen LogP contribution < -0.4 is 10.6 Å². The SMILES string of the molecule is CCC1CCCCN1CCNC(=NCc1nnc(C)n1C)NCCc1cccs1. The summed E-state index contributed by atoms with van der Waals surface area (Å²) in [7, 11) is 1.98. The summed E-state index contributed by atoms with van der Waals surface area (Å²) in [6, 6.07) is 5.02. The number of nitrogens with one attached hydrogen (secondary N) is 2. The minimum absolute atomic E-state index is 0.521. The first-order valence-electron chi connectivity index (χ1n) is 10.8. The molecular weight excluding hydrogens is 382 g/mol. The lowest BCUT2D eigenvalue weighted by Gasteiger charge is -2.35. The summed E-state index contributed by atoms with van der Waals surface area (Å²) in [6.07, 6.45) is 6.28. The summed E-state index contributed by atoms with van der Waals surface area (Å²) in [5.41, 5.74) is 0. The quantitative estimate of drug-likeness (QED) is 0.485. The summed E-state index contributed by atoms with van der Waals surface area (Å²) in [4.78, 5) is 8.78. The number of hydrogen-bond donors (Lipinski definition) is 2. The van der Waals surface area contributed by atoms with Gasteiger partial charge in [-0.2, -0.15) is 0 Å². The second kappa shape index (κ2) is 11.3. The molecule has 1 aliphatic heterocycles. The summed E-state index contributed by atoms with van der Waals surface area (Å²) < 4.78 is 1.99. The maximum Gasteiger partial charge on any atom is 0.191 e. The highest BCUT2D eigenvalue weighted by atomic mass is 32.1. The number of nitrogens with zero attached hydrogens (tertiary/aromatic N) is 5. The van der Waals surface area contributed by atoms with Crippen LogP contribution in [0.4, 0.5) is 0 Å². The van der Waals surface area contributed by atoms with Gasteiger partial charge in [0, 0.05) is 37.6 Å². The van der Waals surface area contributed by atoms with Gasteiger partial charge in [0.1, 0.15) is 12.4 Å². The molecule has 3 rings (SSSR count). The number of rotatable bonds is 9. The van der Waals surface area contributed by atoms with Crippen LogP contribution in [-0.4, -0.2) is 57.8 Å². The Morgan fingerprint density at radius 2 is 2.14 bits per heavy atom. The highest BCUT2D eigenvalue weighted by molar-refractivity contribution is 7.09. The number of hydrogen-bond acceptors (Lipinski definition) is 5. The van der Waals surface area contributed by atoms with Gasteiger partial charge in [-0.25, -0.2) is 4.99 Å². The Balaban J connectivity index is 1.53. The van der Waals surface area contributed by atoms with E-state index in [4.69, 9.17) is 4.99 Å². The molecule has 0 saturated carbocycles. The third-order valence-electron chi connectivity index (χ3n) is 5.72. The van der Waals surface area contributed by atoms with Crippen molar-refractivity contribution < 1.29 is 0 Å². The average Bonchev–Trinajstić information content (AvgIpc) is 3.37. The maximum absolute atomic E-state index is 4.76. The first-order valence-corrected chi connectivity index (χ1v) is 11.7. The number of aryl methyl sites for hydroxylation is 1. The number of guanidine groups is 1. The maximum atomic E-state index is 4.76. The normalized spacial score (nSPS) is 18.2. The zero-order valence-electron chi connectivity index (χ0n) is 18.0. The molecule has 8 heteroatoms. The van der Waals surface area contributed by atoms with Gasteiger partial charge in [-0.3, -0.25) is 4.90 Å². The number of aliphatic imine (C=N–C) groups is 1. The van der Waals surface area contributed by atoms with E-state index in [0.29, 0.717) is 6.54 Å². The van der Waals surface area contributed by atoms with Crippen molar-refractivity contribution in [2.75, 3.05) is 26.2 Å². The zero-order chi connectivity index (χ0) is 20.5. The molecule has 2 aromatic rings. The lowest BCUT2D eigenvalue weighted by atomic mass is 10.0. The van der Waals surface area contributed by atoms with Crippen LogP contribution in [0.25, 0.3) is 0 Å². The fourth-order valence-electron chi connectivity index (χ4n) is 3.81.